The van der Waals surface area contributed by atoms with Crippen LogP contribution in [0.15, 0.2) is 0 Å². The Bertz CT molecular complexity index is 245. The molecular weight excluding hydrogens is 221 g/mol. The van der Waals surface area contributed by atoms with Crippen molar-refractivity contribution < 1.29 is 18.0 Å². The SMILES string of the molecule is CC1CCCC(N)C1C(=O)NCC(F)(F)F. The molecule has 6 heteroatoms. The molecule has 0 aromatic carbocycles. The van der Waals surface area contributed by atoms with E-state index in [0.717, 1.165) is 12.8 Å². The minimum atomic E-state index is -4.36. The minimum absolute atomic E-state index is 0.0528. The number of nitrogens with two attached hydrogens (primary N) is 1. The fourth-order valence-electron chi connectivity index (χ4n) is 2.21. The summed E-state index contributed by atoms with van der Waals surface area (Å²) in [6.07, 6.45) is -1.88. The van der Waals surface area contributed by atoms with Crippen LogP contribution < -0.4 is 11.1 Å². The Kier molecular flexibility index (Phi) is 4.18. The topological polar surface area (TPSA) is 55.1 Å². The highest BCUT2D eigenvalue weighted by molar-refractivity contribution is 5.79. The highest BCUT2D eigenvalue weighted by Crippen LogP contribution is 2.29. The summed E-state index contributed by atoms with van der Waals surface area (Å²) in [6, 6.07) is -0.322. The number of rotatable bonds is 2. The van der Waals surface area contributed by atoms with Crippen LogP contribution in [0.3, 0.4) is 0 Å². The van der Waals surface area contributed by atoms with Crippen molar-refractivity contribution in [2.45, 2.75) is 38.4 Å². The molecule has 1 amide bonds. The van der Waals surface area contributed by atoms with Crippen molar-refractivity contribution in [2.75, 3.05) is 6.54 Å². The van der Waals surface area contributed by atoms with Crippen molar-refractivity contribution in [1.82, 2.24) is 5.32 Å². The van der Waals surface area contributed by atoms with Crippen LogP contribution in [0, 0.1) is 11.8 Å². The first kappa shape index (κ1) is 13.3. The number of carbonyl (C=O) groups excluding carboxylic acids is 1. The first-order chi connectivity index (χ1) is 7.31. The number of amides is 1. The van der Waals surface area contributed by atoms with Crippen LogP contribution in [0.2, 0.25) is 0 Å². The predicted molar refractivity (Wildman–Crippen MR) is 53.5 cm³/mol. The fraction of sp³-hybridized carbons (Fsp3) is 0.900. The molecule has 0 aromatic heterocycles. The number of nitrogens with one attached hydrogen (secondary N) is 1. The van der Waals surface area contributed by atoms with Gasteiger partial charge in [-0.3, -0.25) is 4.79 Å². The predicted octanol–water partition coefficient (Wildman–Crippen LogP) is 1.43. The van der Waals surface area contributed by atoms with Crippen molar-refractivity contribution in [3.63, 3.8) is 0 Å². The normalized spacial score (nSPS) is 31.2. The molecule has 1 fully saturated rings. The highest BCUT2D eigenvalue weighted by atomic mass is 19.4. The van der Waals surface area contributed by atoms with Gasteiger partial charge in [-0.15, -0.1) is 0 Å². The van der Waals surface area contributed by atoms with Gasteiger partial charge >= 0.3 is 6.18 Å². The Hall–Kier alpha value is -0.780. The number of hydrogen-bond acceptors (Lipinski definition) is 2. The van der Waals surface area contributed by atoms with Crippen molar-refractivity contribution in [3.05, 3.63) is 0 Å². The van der Waals surface area contributed by atoms with Crippen LogP contribution in [-0.2, 0) is 4.79 Å². The maximum Gasteiger partial charge on any atom is 0.405 e. The van der Waals surface area contributed by atoms with Gasteiger partial charge in [0, 0.05) is 6.04 Å². The van der Waals surface area contributed by atoms with E-state index in [4.69, 9.17) is 5.73 Å². The molecule has 3 atom stereocenters. The lowest BCUT2D eigenvalue weighted by Gasteiger charge is -2.33. The van der Waals surface area contributed by atoms with E-state index in [0.29, 0.717) is 6.42 Å². The number of halogens is 3. The summed E-state index contributed by atoms with van der Waals surface area (Å²) in [6.45, 7) is 0.582. The average Bonchev–Trinajstić information content (AvgIpc) is 2.13. The van der Waals surface area contributed by atoms with E-state index in [9.17, 15) is 18.0 Å². The largest absolute Gasteiger partial charge is 0.405 e. The van der Waals surface area contributed by atoms with Gasteiger partial charge in [0.2, 0.25) is 5.91 Å². The molecule has 16 heavy (non-hydrogen) atoms. The third-order valence-electron chi connectivity index (χ3n) is 3.04. The van der Waals surface area contributed by atoms with Gasteiger partial charge in [0.1, 0.15) is 6.54 Å². The molecule has 0 saturated heterocycles. The molecule has 0 aromatic rings. The molecule has 1 rings (SSSR count). The Morgan fingerprint density at radius 2 is 2.06 bits per heavy atom. The molecule has 1 aliphatic rings. The standard InChI is InChI=1S/C10H17F3N2O/c1-6-3-2-4-7(14)8(6)9(16)15-5-10(11,12)13/h6-8H,2-5,14H2,1H3,(H,15,16). The second kappa shape index (κ2) is 5.03. The third-order valence-corrected chi connectivity index (χ3v) is 3.04. The van der Waals surface area contributed by atoms with Gasteiger partial charge in [0.15, 0.2) is 0 Å². The summed E-state index contributed by atoms with van der Waals surface area (Å²) in [5.41, 5.74) is 5.77. The lowest BCUT2D eigenvalue weighted by Crippen LogP contribution is -2.49. The van der Waals surface area contributed by atoms with Gasteiger partial charge in [-0.1, -0.05) is 13.3 Å². The van der Waals surface area contributed by atoms with Gasteiger partial charge < -0.3 is 11.1 Å². The van der Waals surface area contributed by atoms with Gasteiger partial charge in [0.25, 0.3) is 0 Å². The Balaban J connectivity index is 2.51. The summed E-state index contributed by atoms with van der Waals surface area (Å²) in [7, 11) is 0. The number of alkyl halides is 3. The van der Waals surface area contributed by atoms with E-state index in [1.807, 2.05) is 12.2 Å². The third kappa shape index (κ3) is 3.66. The smallest absolute Gasteiger partial charge is 0.347 e. The molecule has 3 N–H and O–H groups in total. The molecule has 0 aliphatic heterocycles. The van der Waals surface area contributed by atoms with Gasteiger partial charge in [-0.25, -0.2) is 0 Å². The maximum absolute atomic E-state index is 11.9. The molecular formula is C10H17F3N2O. The Morgan fingerprint density at radius 1 is 1.44 bits per heavy atom. The molecule has 3 nitrogen and oxygen atoms in total. The van der Waals surface area contributed by atoms with Crippen LogP contribution in [0.4, 0.5) is 13.2 Å². The molecule has 0 heterocycles. The van der Waals surface area contributed by atoms with Crippen LogP contribution >= 0.6 is 0 Å². The van der Waals surface area contributed by atoms with Crippen molar-refractivity contribution in [2.24, 2.45) is 17.6 Å². The molecule has 1 saturated carbocycles. The van der Waals surface area contributed by atoms with Gasteiger partial charge in [-0.05, 0) is 18.8 Å². The summed E-state index contributed by atoms with van der Waals surface area (Å²) >= 11 is 0. The molecule has 94 valence electrons. The quantitative estimate of drug-likeness (QED) is 0.764. The lowest BCUT2D eigenvalue weighted by atomic mass is 9.76. The van der Waals surface area contributed by atoms with Crippen molar-refractivity contribution >= 4 is 5.91 Å². The first-order valence-corrected chi connectivity index (χ1v) is 5.41. The van der Waals surface area contributed by atoms with Gasteiger partial charge in [-0.2, -0.15) is 13.2 Å². The molecule has 0 radical (unpaired) electrons. The van der Waals surface area contributed by atoms with Crippen LogP contribution in [0.1, 0.15) is 26.2 Å². The van der Waals surface area contributed by atoms with Crippen LogP contribution in [-0.4, -0.2) is 24.7 Å². The highest BCUT2D eigenvalue weighted by Gasteiger charge is 2.36. The second-order valence-corrected chi connectivity index (χ2v) is 4.43. The van der Waals surface area contributed by atoms with E-state index >= 15 is 0 Å². The molecule has 0 bridgehead atoms. The summed E-state index contributed by atoms with van der Waals surface area (Å²) in [4.78, 5) is 11.6. The number of hydrogen-bond donors (Lipinski definition) is 2. The summed E-state index contributed by atoms with van der Waals surface area (Å²) in [5.74, 6) is -1.01. The van der Waals surface area contributed by atoms with E-state index in [1.165, 1.54) is 0 Å². The Labute approximate surface area is 92.6 Å². The molecule has 3 unspecified atom stereocenters. The zero-order chi connectivity index (χ0) is 12.3. The fourth-order valence-corrected chi connectivity index (χ4v) is 2.21. The minimum Gasteiger partial charge on any atom is -0.347 e. The second-order valence-electron chi connectivity index (χ2n) is 4.43. The van der Waals surface area contributed by atoms with Crippen molar-refractivity contribution in [3.8, 4) is 0 Å². The monoisotopic (exact) mass is 238 g/mol. The maximum atomic E-state index is 11.9. The Morgan fingerprint density at radius 3 is 2.56 bits per heavy atom. The van der Waals surface area contributed by atoms with E-state index < -0.39 is 24.5 Å². The van der Waals surface area contributed by atoms with Crippen LogP contribution in [0.25, 0.3) is 0 Å². The van der Waals surface area contributed by atoms with Gasteiger partial charge in [0.05, 0.1) is 5.92 Å². The van der Waals surface area contributed by atoms with Crippen molar-refractivity contribution in [1.29, 1.82) is 0 Å². The summed E-state index contributed by atoms with van der Waals surface area (Å²) in [5, 5.41) is 1.91. The summed E-state index contributed by atoms with van der Waals surface area (Å²) < 4.78 is 35.8. The lowest BCUT2D eigenvalue weighted by molar-refractivity contribution is -0.142. The zero-order valence-electron chi connectivity index (χ0n) is 9.18. The number of carbonyl (C=O) groups is 1. The zero-order valence-corrected chi connectivity index (χ0v) is 9.18. The molecule has 0 spiro atoms. The van der Waals surface area contributed by atoms with E-state index in [1.54, 1.807) is 0 Å². The molecule has 1 aliphatic carbocycles. The average molecular weight is 238 g/mol. The first-order valence-electron chi connectivity index (χ1n) is 5.41. The van der Waals surface area contributed by atoms with E-state index in [-0.39, 0.29) is 12.0 Å². The van der Waals surface area contributed by atoms with Crippen LogP contribution in [0.5, 0.6) is 0 Å². The van der Waals surface area contributed by atoms with E-state index in [2.05, 4.69) is 0 Å².